The lowest BCUT2D eigenvalue weighted by Gasteiger charge is -2.14. The number of halogens is 4. The second-order valence-electron chi connectivity index (χ2n) is 4.98. The van der Waals surface area contributed by atoms with Gasteiger partial charge in [-0.3, -0.25) is 0 Å². The van der Waals surface area contributed by atoms with Gasteiger partial charge in [0.2, 0.25) is 0 Å². The first-order valence-electron chi connectivity index (χ1n) is 6.29. The topological polar surface area (TPSA) is 27.1 Å². The molecular weight excluding hydrogens is 349 g/mol. The molecule has 0 aliphatic rings. The molecule has 3 nitrogen and oxygen atoms in total. The van der Waals surface area contributed by atoms with Crippen molar-refractivity contribution >= 4 is 15.9 Å². The lowest BCUT2D eigenvalue weighted by molar-refractivity contribution is -0.274. The van der Waals surface area contributed by atoms with E-state index in [4.69, 9.17) is 0 Å². The van der Waals surface area contributed by atoms with Gasteiger partial charge in [0, 0.05) is 0 Å². The largest absolute Gasteiger partial charge is 0.573 e. The van der Waals surface area contributed by atoms with Crippen LogP contribution in [0.1, 0.15) is 31.0 Å². The molecule has 0 spiro atoms. The zero-order valence-corrected chi connectivity index (χ0v) is 13.3. The number of alkyl halides is 3. The fourth-order valence-electron chi connectivity index (χ4n) is 1.83. The summed E-state index contributed by atoms with van der Waals surface area (Å²) in [5.41, 5.74) is 1.83. The van der Waals surface area contributed by atoms with Gasteiger partial charge in [-0.05, 0) is 52.5 Å². The first-order valence-corrected chi connectivity index (χ1v) is 7.09. The van der Waals surface area contributed by atoms with Crippen LogP contribution in [0, 0.1) is 6.92 Å². The Kier molecular flexibility index (Phi) is 4.32. The molecule has 0 aliphatic heterocycles. The summed E-state index contributed by atoms with van der Waals surface area (Å²) in [5, 5.41) is 4.33. The molecular formula is C14H14BrF3N2O. The molecule has 1 aromatic heterocycles. The van der Waals surface area contributed by atoms with E-state index in [0.29, 0.717) is 4.60 Å². The Bertz CT molecular complexity index is 650. The Morgan fingerprint density at radius 3 is 2.43 bits per heavy atom. The minimum atomic E-state index is -4.75. The Balaban J connectivity index is 2.54. The summed E-state index contributed by atoms with van der Waals surface area (Å²) >= 11 is 3.32. The van der Waals surface area contributed by atoms with E-state index in [2.05, 4.69) is 25.8 Å². The first-order chi connectivity index (χ1) is 9.67. The van der Waals surface area contributed by atoms with Crippen molar-refractivity contribution in [3.8, 4) is 11.4 Å². The Morgan fingerprint density at radius 1 is 1.24 bits per heavy atom. The van der Waals surface area contributed by atoms with Crippen LogP contribution >= 0.6 is 15.9 Å². The summed E-state index contributed by atoms with van der Waals surface area (Å²) in [4.78, 5) is 0. The van der Waals surface area contributed by atoms with Gasteiger partial charge in [0.25, 0.3) is 0 Å². The number of nitrogens with zero attached hydrogens (tertiary/aromatic N) is 2. The summed E-state index contributed by atoms with van der Waals surface area (Å²) < 4.78 is 43.6. The highest BCUT2D eigenvalue weighted by molar-refractivity contribution is 9.10. The van der Waals surface area contributed by atoms with E-state index in [-0.39, 0.29) is 17.4 Å². The molecule has 1 heterocycles. The molecule has 0 fully saturated rings. The average Bonchev–Trinajstić information content (AvgIpc) is 2.72. The highest BCUT2D eigenvalue weighted by Crippen LogP contribution is 2.32. The second-order valence-corrected chi connectivity index (χ2v) is 5.79. The molecule has 0 aliphatic carbocycles. The van der Waals surface area contributed by atoms with Crippen LogP contribution in [0.4, 0.5) is 13.2 Å². The molecule has 114 valence electrons. The molecule has 0 bridgehead atoms. The van der Waals surface area contributed by atoms with Gasteiger partial charge >= 0.3 is 6.36 Å². The zero-order chi connectivity index (χ0) is 15.8. The molecule has 0 saturated heterocycles. The molecule has 0 unspecified atom stereocenters. The third-order valence-corrected chi connectivity index (χ3v) is 3.41. The van der Waals surface area contributed by atoms with Crippen LogP contribution in [-0.4, -0.2) is 16.1 Å². The molecule has 0 radical (unpaired) electrons. The van der Waals surface area contributed by atoms with Crippen LogP contribution in [0.5, 0.6) is 5.75 Å². The summed E-state index contributed by atoms with van der Waals surface area (Å²) in [6, 6.07) is 6.24. The molecule has 1 aromatic carbocycles. The van der Waals surface area contributed by atoms with Gasteiger partial charge in [0.15, 0.2) is 5.75 Å². The van der Waals surface area contributed by atoms with Crippen molar-refractivity contribution in [3.05, 3.63) is 40.1 Å². The van der Waals surface area contributed by atoms with E-state index in [1.165, 1.54) is 10.7 Å². The summed E-state index contributed by atoms with van der Waals surface area (Å²) in [6.07, 6.45) is -4.75. The van der Waals surface area contributed by atoms with Crippen molar-refractivity contribution in [3.63, 3.8) is 0 Å². The number of hydrogen-bond donors (Lipinski definition) is 0. The van der Waals surface area contributed by atoms with Gasteiger partial charge in [0.05, 0.1) is 5.69 Å². The van der Waals surface area contributed by atoms with Crippen molar-refractivity contribution in [2.45, 2.75) is 33.1 Å². The van der Waals surface area contributed by atoms with Gasteiger partial charge in [0.1, 0.15) is 10.3 Å². The molecule has 2 aromatic rings. The standard InChI is InChI=1S/C14H14BrF3N2O/c1-8(2)10-7-13(15)20(19-10)11-6-9(3)4-5-12(11)21-14(16,17)18/h4-8H,1-3H3. The van der Waals surface area contributed by atoms with Crippen molar-refractivity contribution in [2.75, 3.05) is 0 Å². The molecule has 0 amide bonds. The van der Waals surface area contributed by atoms with Crippen molar-refractivity contribution in [1.29, 1.82) is 0 Å². The third-order valence-electron chi connectivity index (χ3n) is 2.84. The lowest BCUT2D eigenvalue weighted by atomic mass is 10.1. The third kappa shape index (κ3) is 3.78. The van der Waals surface area contributed by atoms with Crippen LogP contribution in [0.15, 0.2) is 28.9 Å². The molecule has 0 saturated carbocycles. The number of hydrogen-bond acceptors (Lipinski definition) is 2. The Labute approximate surface area is 128 Å². The van der Waals surface area contributed by atoms with Gasteiger partial charge in [-0.25, -0.2) is 4.68 Å². The molecule has 7 heteroatoms. The monoisotopic (exact) mass is 362 g/mol. The summed E-state index contributed by atoms with van der Waals surface area (Å²) in [7, 11) is 0. The predicted molar refractivity (Wildman–Crippen MR) is 76.8 cm³/mol. The van der Waals surface area contributed by atoms with E-state index < -0.39 is 6.36 Å². The van der Waals surface area contributed by atoms with E-state index in [1.54, 1.807) is 25.1 Å². The zero-order valence-electron chi connectivity index (χ0n) is 11.7. The highest BCUT2D eigenvalue weighted by Gasteiger charge is 2.32. The van der Waals surface area contributed by atoms with Gasteiger partial charge < -0.3 is 4.74 Å². The fourth-order valence-corrected chi connectivity index (χ4v) is 2.34. The predicted octanol–water partition coefficient (Wildman–Crippen LogP) is 4.97. The van der Waals surface area contributed by atoms with Crippen LogP contribution in [0.25, 0.3) is 5.69 Å². The first kappa shape index (κ1) is 15.9. The number of aromatic nitrogens is 2. The smallest absolute Gasteiger partial charge is 0.403 e. The fraction of sp³-hybridized carbons (Fsp3) is 0.357. The Hall–Kier alpha value is -1.50. The number of rotatable bonds is 3. The maximum absolute atomic E-state index is 12.5. The minimum absolute atomic E-state index is 0.166. The second kappa shape index (κ2) is 5.71. The van der Waals surface area contributed by atoms with Gasteiger partial charge in [-0.2, -0.15) is 5.10 Å². The highest BCUT2D eigenvalue weighted by atomic mass is 79.9. The number of aryl methyl sites for hydroxylation is 1. The molecule has 21 heavy (non-hydrogen) atoms. The Morgan fingerprint density at radius 2 is 1.90 bits per heavy atom. The summed E-state index contributed by atoms with van der Waals surface area (Å²) in [5.74, 6) is -0.119. The van der Waals surface area contributed by atoms with Crippen LogP contribution in [-0.2, 0) is 0 Å². The van der Waals surface area contributed by atoms with Crippen LogP contribution in [0.3, 0.4) is 0 Å². The van der Waals surface area contributed by atoms with Gasteiger partial charge in [-0.15, -0.1) is 13.2 Å². The summed E-state index contributed by atoms with van der Waals surface area (Å²) in [6.45, 7) is 5.71. The van der Waals surface area contributed by atoms with E-state index in [9.17, 15) is 13.2 Å². The number of ether oxygens (including phenoxy) is 1. The maximum atomic E-state index is 12.5. The van der Waals surface area contributed by atoms with E-state index >= 15 is 0 Å². The SMILES string of the molecule is Cc1ccc(OC(F)(F)F)c(-n2nc(C(C)C)cc2Br)c1. The quantitative estimate of drug-likeness (QED) is 0.770. The van der Waals surface area contributed by atoms with E-state index in [1.807, 2.05) is 13.8 Å². The lowest BCUT2D eigenvalue weighted by Crippen LogP contribution is -2.18. The molecule has 0 N–H and O–H groups in total. The molecule has 0 atom stereocenters. The maximum Gasteiger partial charge on any atom is 0.573 e. The van der Waals surface area contributed by atoms with Crippen molar-refractivity contribution < 1.29 is 17.9 Å². The van der Waals surface area contributed by atoms with Gasteiger partial charge in [-0.1, -0.05) is 19.9 Å². The minimum Gasteiger partial charge on any atom is -0.403 e. The van der Waals surface area contributed by atoms with Crippen molar-refractivity contribution in [2.24, 2.45) is 0 Å². The average molecular weight is 363 g/mol. The molecule has 2 rings (SSSR count). The van der Waals surface area contributed by atoms with E-state index in [0.717, 1.165) is 11.3 Å². The number of benzene rings is 1. The normalized spacial score (nSPS) is 12.0. The van der Waals surface area contributed by atoms with Crippen molar-refractivity contribution in [1.82, 2.24) is 9.78 Å². The van der Waals surface area contributed by atoms with Crippen LogP contribution < -0.4 is 4.74 Å². The van der Waals surface area contributed by atoms with Crippen LogP contribution in [0.2, 0.25) is 0 Å².